The average molecular weight is 374 g/mol. The number of amides is 1. The molecule has 2 heterocycles. The molecular weight excluding hydrogens is 338 g/mol. The van der Waals surface area contributed by atoms with Gasteiger partial charge in [-0.3, -0.25) is 4.79 Å². The number of rotatable bonds is 7. The molecule has 4 N–H and O–H groups in total. The fourth-order valence-corrected chi connectivity index (χ4v) is 4.19. The molecule has 1 aromatic rings. The van der Waals surface area contributed by atoms with Crippen LogP contribution in [0.5, 0.6) is 0 Å². The van der Waals surface area contributed by atoms with Crippen molar-refractivity contribution in [3.8, 4) is 0 Å². The van der Waals surface area contributed by atoms with Crippen molar-refractivity contribution in [1.29, 1.82) is 0 Å². The van der Waals surface area contributed by atoms with Crippen LogP contribution in [0.2, 0.25) is 0 Å². The van der Waals surface area contributed by atoms with Crippen LogP contribution in [0.15, 0.2) is 18.3 Å². The molecule has 2 aliphatic rings. The number of nitrogens with one attached hydrogen (secondary N) is 2. The van der Waals surface area contributed by atoms with E-state index in [0.29, 0.717) is 29.5 Å². The van der Waals surface area contributed by atoms with Gasteiger partial charge in [-0.2, -0.15) is 0 Å². The maximum absolute atomic E-state index is 12.4. The minimum atomic E-state index is -0.0278. The standard InChI is InChI=1S/C21H35N5O/c1-15(2)13-26-10-9-16(14-26)11-24-21(27)17-3-8-20(23-12-17)25-19-6-4-18(22)5-7-19/h3,8,12,15-16,18-19H,4-7,9-11,13-14,22H2,1-2H3,(H,23,25)(H,24,27). The van der Waals surface area contributed by atoms with E-state index in [1.54, 1.807) is 6.20 Å². The lowest BCUT2D eigenvalue weighted by Crippen LogP contribution is -2.33. The summed E-state index contributed by atoms with van der Waals surface area (Å²) in [6.07, 6.45) is 7.13. The lowest BCUT2D eigenvalue weighted by molar-refractivity contribution is 0.0947. The molecule has 150 valence electrons. The molecular formula is C21H35N5O. The first-order chi connectivity index (χ1) is 13.0. The van der Waals surface area contributed by atoms with E-state index in [0.717, 1.165) is 57.7 Å². The van der Waals surface area contributed by atoms with Gasteiger partial charge in [0.2, 0.25) is 0 Å². The van der Waals surface area contributed by atoms with Crippen molar-refractivity contribution < 1.29 is 4.79 Å². The largest absolute Gasteiger partial charge is 0.367 e. The topological polar surface area (TPSA) is 83.3 Å². The summed E-state index contributed by atoms with van der Waals surface area (Å²) in [4.78, 5) is 19.3. The first-order valence-corrected chi connectivity index (χ1v) is 10.5. The van der Waals surface area contributed by atoms with Gasteiger partial charge in [-0.1, -0.05) is 13.8 Å². The van der Waals surface area contributed by atoms with E-state index in [2.05, 4.69) is 34.4 Å². The molecule has 2 fully saturated rings. The van der Waals surface area contributed by atoms with Crippen LogP contribution in [0.25, 0.3) is 0 Å². The molecule has 27 heavy (non-hydrogen) atoms. The van der Waals surface area contributed by atoms with Gasteiger partial charge in [0.1, 0.15) is 5.82 Å². The van der Waals surface area contributed by atoms with Gasteiger partial charge in [0.05, 0.1) is 5.56 Å². The third kappa shape index (κ3) is 6.18. The molecule has 1 saturated carbocycles. The van der Waals surface area contributed by atoms with Gasteiger partial charge >= 0.3 is 0 Å². The van der Waals surface area contributed by atoms with Crippen molar-refractivity contribution in [2.75, 3.05) is 31.5 Å². The molecule has 6 nitrogen and oxygen atoms in total. The van der Waals surface area contributed by atoms with E-state index < -0.39 is 0 Å². The van der Waals surface area contributed by atoms with Crippen LogP contribution < -0.4 is 16.4 Å². The maximum Gasteiger partial charge on any atom is 0.252 e. The highest BCUT2D eigenvalue weighted by Gasteiger charge is 2.23. The molecule has 1 unspecified atom stereocenters. The lowest BCUT2D eigenvalue weighted by atomic mass is 9.92. The zero-order chi connectivity index (χ0) is 19.2. The summed E-state index contributed by atoms with van der Waals surface area (Å²) < 4.78 is 0. The number of nitrogens with zero attached hydrogens (tertiary/aromatic N) is 2. The quantitative estimate of drug-likeness (QED) is 0.684. The van der Waals surface area contributed by atoms with E-state index in [4.69, 9.17) is 5.73 Å². The van der Waals surface area contributed by atoms with E-state index in [-0.39, 0.29) is 5.91 Å². The summed E-state index contributed by atoms with van der Waals surface area (Å²) in [7, 11) is 0. The van der Waals surface area contributed by atoms with E-state index in [9.17, 15) is 4.79 Å². The van der Waals surface area contributed by atoms with E-state index >= 15 is 0 Å². The fourth-order valence-electron chi connectivity index (χ4n) is 4.19. The SMILES string of the molecule is CC(C)CN1CCC(CNC(=O)c2ccc(NC3CCC(N)CC3)nc2)C1. The van der Waals surface area contributed by atoms with Gasteiger partial charge in [0.25, 0.3) is 5.91 Å². The van der Waals surface area contributed by atoms with Crippen LogP contribution in [-0.2, 0) is 0 Å². The zero-order valence-electron chi connectivity index (χ0n) is 16.8. The van der Waals surface area contributed by atoms with Gasteiger partial charge in [0, 0.05) is 37.9 Å². The molecule has 1 atom stereocenters. The van der Waals surface area contributed by atoms with Crippen molar-refractivity contribution in [3.05, 3.63) is 23.9 Å². The Hall–Kier alpha value is -1.66. The summed E-state index contributed by atoms with van der Waals surface area (Å²) >= 11 is 0. The van der Waals surface area contributed by atoms with Crippen LogP contribution in [0.4, 0.5) is 5.82 Å². The Bertz CT molecular complexity index is 595. The van der Waals surface area contributed by atoms with Gasteiger partial charge in [0.15, 0.2) is 0 Å². The Morgan fingerprint density at radius 3 is 2.70 bits per heavy atom. The number of hydrogen-bond acceptors (Lipinski definition) is 5. The number of pyridine rings is 1. The van der Waals surface area contributed by atoms with Crippen LogP contribution >= 0.6 is 0 Å². The minimum Gasteiger partial charge on any atom is -0.367 e. The van der Waals surface area contributed by atoms with E-state index in [1.165, 1.54) is 6.42 Å². The van der Waals surface area contributed by atoms with Crippen LogP contribution in [0.1, 0.15) is 56.3 Å². The van der Waals surface area contributed by atoms with Crippen LogP contribution in [0, 0.1) is 11.8 Å². The molecule has 0 radical (unpaired) electrons. The highest BCUT2D eigenvalue weighted by atomic mass is 16.1. The molecule has 0 spiro atoms. The van der Waals surface area contributed by atoms with Crippen molar-refractivity contribution in [1.82, 2.24) is 15.2 Å². The molecule has 1 aliphatic heterocycles. The van der Waals surface area contributed by atoms with Crippen molar-refractivity contribution in [3.63, 3.8) is 0 Å². The summed E-state index contributed by atoms with van der Waals surface area (Å²) in [5.74, 6) is 2.06. The zero-order valence-corrected chi connectivity index (χ0v) is 16.8. The van der Waals surface area contributed by atoms with Crippen LogP contribution in [0.3, 0.4) is 0 Å². The molecule has 0 aromatic carbocycles. The lowest BCUT2D eigenvalue weighted by Gasteiger charge is -2.27. The molecule has 1 aromatic heterocycles. The molecule has 1 aliphatic carbocycles. The molecule has 1 amide bonds. The smallest absolute Gasteiger partial charge is 0.252 e. The van der Waals surface area contributed by atoms with Gasteiger partial charge < -0.3 is 21.3 Å². The average Bonchev–Trinajstić information content (AvgIpc) is 3.09. The first-order valence-electron chi connectivity index (χ1n) is 10.5. The van der Waals surface area contributed by atoms with E-state index in [1.807, 2.05) is 12.1 Å². The Morgan fingerprint density at radius 1 is 1.26 bits per heavy atom. The second kappa shape index (κ2) is 9.51. The number of anilines is 1. The maximum atomic E-state index is 12.4. The Labute approximate surface area is 163 Å². The predicted octanol–water partition coefficient (Wildman–Crippen LogP) is 2.47. The Morgan fingerprint density at radius 2 is 2.04 bits per heavy atom. The summed E-state index contributed by atoms with van der Waals surface area (Å²) in [6.45, 7) is 8.64. The summed E-state index contributed by atoms with van der Waals surface area (Å²) in [6, 6.07) is 4.55. The van der Waals surface area contributed by atoms with Crippen molar-refractivity contribution >= 4 is 11.7 Å². The monoisotopic (exact) mass is 373 g/mol. The molecule has 6 heteroatoms. The minimum absolute atomic E-state index is 0.0278. The predicted molar refractivity (Wildman–Crippen MR) is 110 cm³/mol. The third-order valence-corrected chi connectivity index (χ3v) is 5.69. The number of carbonyl (C=O) groups excluding carboxylic acids is 1. The molecule has 0 bridgehead atoms. The molecule has 3 rings (SSSR count). The van der Waals surface area contributed by atoms with Crippen molar-refractivity contribution in [2.45, 2.75) is 58.0 Å². The van der Waals surface area contributed by atoms with Gasteiger partial charge in [-0.05, 0) is 62.6 Å². The normalized spacial score (nSPS) is 26.3. The first kappa shape index (κ1) is 20.1. The fraction of sp³-hybridized carbons (Fsp3) is 0.714. The number of aromatic nitrogens is 1. The number of hydrogen-bond donors (Lipinski definition) is 3. The third-order valence-electron chi connectivity index (χ3n) is 5.69. The summed E-state index contributed by atoms with van der Waals surface area (Å²) in [5.41, 5.74) is 6.58. The number of nitrogens with two attached hydrogens (primary N) is 1. The Balaban J connectivity index is 1.41. The molecule has 1 saturated heterocycles. The Kier molecular flexibility index (Phi) is 7.07. The second-order valence-corrected chi connectivity index (χ2v) is 8.71. The van der Waals surface area contributed by atoms with Gasteiger partial charge in [-0.15, -0.1) is 0 Å². The van der Waals surface area contributed by atoms with Crippen molar-refractivity contribution in [2.24, 2.45) is 17.6 Å². The highest BCUT2D eigenvalue weighted by molar-refractivity contribution is 5.94. The van der Waals surface area contributed by atoms with Crippen LogP contribution in [-0.4, -0.2) is 54.1 Å². The highest BCUT2D eigenvalue weighted by Crippen LogP contribution is 2.20. The number of likely N-dealkylation sites (tertiary alicyclic amines) is 1. The summed E-state index contributed by atoms with van der Waals surface area (Å²) in [5, 5.41) is 6.54. The number of carbonyl (C=O) groups is 1. The van der Waals surface area contributed by atoms with Gasteiger partial charge in [-0.25, -0.2) is 4.98 Å². The second-order valence-electron chi connectivity index (χ2n) is 8.71.